The molecule has 1 amide bonds. The molecule has 0 aliphatic carbocycles. The summed E-state index contributed by atoms with van der Waals surface area (Å²) in [6.07, 6.45) is 0. The van der Waals surface area contributed by atoms with Crippen molar-refractivity contribution in [3.8, 4) is 0 Å². The summed E-state index contributed by atoms with van der Waals surface area (Å²) in [6.45, 7) is 1.25. The van der Waals surface area contributed by atoms with Gasteiger partial charge in [-0.1, -0.05) is 29.0 Å². The SMILES string of the molecule is CC(=O)NC(CSC(=S)Nc1ccc(SOOO)cc1)C(=O)O. The Balaban J connectivity index is 2.46. The van der Waals surface area contributed by atoms with E-state index in [0.29, 0.717) is 14.9 Å². The molecule has 126 valence electrons. The summed E-state index contributed by atoms with van der Waals surface area (Å²) in [5, 5.41) is 25.8. The average Bonchev–Trinajstić information content (AvgIpc) is 2.50. The number of thiocarbonyl (C=S) groups is 1. The first-order chi connectivity index (χ1) is 10.9. The molecule has 1 aromatic carbocycles. The Hall–Kier alpha value is -1.37. The van der Waals surface area contributed by atoms with Crippen molar-refractivity contribution in [2.45, 2.75) is 17.9 Å². The van der Waals surface area contributed by atoms with Crippen LogP contribution in [0.25, 0.3) is 0 Å². The smallest absolute Gasteiger partial charge is 0.327 e. The maximum atomic E-state index is 11.0. The van der Waals surface area contributed by atoms with Crippen molar-refractivity contribution >= 4 is 57.9 Å². The topological polar surface area (TPSA) is 117 Å². The first-order valence-electron chi connectivity index (χ1n) is 6.11. The Labute approximate surface area is 146 Å². The number of carbonyl (C=O) groups excluding carboxylic acids is 1. The fourth-order valence-electron chi connectivity index (χ4n) is 1.38. The van der Waals surface area contributed by atoms with Gasteiger partial charge in [-0.3, -0.25) is 4.79 Å². The molecule has 0 saturated heterocycles. The third kappa shape index (κ3) is 8.16. The van der Waals surface area contributed by atoms with Gasteiger partial charge in [-0.05, 0) is 24.3 Å². The van der Waals surface area contributed by atoms with E-state index < -0.39 is 17.9 Å². The van der Waals surface area contributed by atoms with Gasteiger partial charge in [-0.15, -0.1) is 4.33 Å². The minimum Gasteiger partial charge on any atom is -0.480 e. The largest absolute Gasteiger partial charge is 0.480 e. The number of nitrogens with one attached hydrogen (secondary N) is 2. The molecule has 0 heterocycles. The van der Waals surface area contributed by atoms with E-state index in [4.69, 9.17) is 22.6 Å². The summed E-state index contributed by atoms with van der Waals surface area (Å²) in [7, 11) is 0. The number of rotatable bonds is 8. The van der Waals surface area contributed by atoms with E-state index in [-0.39, 0.29) is 5.75 Å². The molecule has 0 aliphatic heterocycles. The maximum Gasteiger partial charge on any atom is 0.327 e. The number of thioether (sulfide) groups is 1. The van der Waals surface area contributed by atoms with Gasteiger partial charge in [0.25, 0.3) is 0 Å². The van der Waals surface area contributed by atoms with Gasteiger partial charge in [0.15, 0.2) is 0 Å². The highest BCUT2D eigenvalue weighted by Gasteiger charge is 2.19. The fraction of sp³-hybridized carbons (Fsp3) is 0.250. The molecule has 1 rings (SSSR count). The fourth-order valence-corrected chi connectivity index (χ4v) is 2.79. The van der Waals surface area contributed by atoms with Gasteiger partial charge < -0.3 is 15.7 Å². The Morgan fingerprint density at radius 1 is 1.35 bits per heavy atom. The minimum atomic E-state index is -1.12. The predicted molar refractivity (Wildman–Crippen MR) is 91.0 cm³/mol. The van der Waals surface area contributed by atoms with Crippen molar-refractivity contribution in [1.29, 1.82) is 0 Å². The zero-order valence-corrected chi connectivity index (χ0v) is 14.3. The number of hydrogen-bond donors (Lipinski definition) is 4. The predicted octanol–water partition coefficient (Wildman–Crippen LogP) is 2.13. The molecule has 0 aliphatic rings. The second-order valence-electron chi connectivity index (χ2n) is 4.07. The first kappa shape index (κ1) is 19.7. The molecule has 23 heavy (non-hydrogen) atoms. The van der Waals surface area contributed by atoms with Crippen LogP contribution in [0.3, 0.4) is 0 Å². The van der Waals surface area contributed by atoms with Crippen molar-refractivity contribution < 1.29 is 29.3 Å². The third-order valence-electron chi connectivity index (χ3n) is 2.32. The van der Waals surface area contributed by atoms with Crippen molar-refractivity contribution in [2.75, 3.05) is 11.1 Å². The van der Waals surface area contributed by atoms with Crippen molar-refractivity contribution in [2.24, 2.45) is 0 Å². The van der Waals surface area contributed by atoms with Gasteiger partial charge in [0.2, 0.25) is 5.91 Å². The van der Waals surface area contributed by atoms with E-state index in [1.54, 1.807) is 24.3 Å². The molecule has 0 radical (unpaired) electrons. The van der Waals surface area contributed by atoms with Crippen LogP contribution in [-0.2, 0) is 19.0 Å². The van der Waals surface area contributed by atoms with Gasteiger partial charge in [0, 0.05) is 23.3 Å². The molecule has 0 saturated carbocycles. The number of carboxylic acids is 1. The number of aliphatic carboxylic acids is 1. The summed E-state index contributed by atoms with van der Waals surface area (Å²) >= 11 is 7.06. The zero-order chi connectivity index (χ0) is 17.2. The van der Waals surface area contributed by atoms with E-state index in [1.165, 1.54) is 6.92 Å². The molecule has 0 bridgehead atoms. The number of anilines is 1. The van der Waals surface area contributed by atoms with Crippen molar-refractivity contribution in [3.63, 3.8) is 0 Å². The van der Waals surface area contributed by atoms with Crippen LogP contribution in [0.5, 0.6) is 0 Å². The van der Waals surface area contributed by atoms with Crippen LogP contribution < -0.4 is 10.6 Å². The molecular weight excluding hydrogens is 364 g/mol. The maximum absolute atomic E-state index is 11.0. The minimum absolute atomic E-state index is 0.108. The van der Waals surface area contributed by atoms with Crippen LogP contribution in [0.2, 0.25) is 0 Å². The van der Waals surface area contributed by atoms with Crippen LogP contribution in [0, 0.1) is 0 Å². The highest BCUT2D eigenvalue weighted by atomic mass is 32.2. The molecule has 1 aromatic rings. The van der Waals surface area contributed by atoms with Crippen molar-refractivity contribution in [3.05, 3.63) is 24.3 Å². The summed E-state index contributed by atoms with van der Waals surface area (Å²) in [6, 6.07) is 5.84. The summed E-state index contributed by atoms with van der Waals surface area (Å²) < 4.78 is 4.66. The van der Waals surface area contributed by atoms with Crippen molar-refractivity contribution in [1.82, 2.24) is 5.32 Å². The normalized spacial score (nSPS) is 11.6. The lowest BCUT2D eigenvalue weighted by Crippen LogP contribution is -2.41. The van der Waals surface area contributed by atoms with E-state index in [2.05, 4.69) is 20.0 Å². The lowest BCUT2D eigenvalue weighted by Gasteiger charge is -2.13. The number of hydrogen-bond acceptors (Lipinski definition) is 8. The highest BCUT2D eigenvalue weighted by Crippen LogP contribution is 2.22. The molecule has 0 aromatic heterocycles. The van der Waals surface area contributed by atoms with Crippen LogP contribution in [0.1, 0.15) is 6.92 Å². The quantitative estimate of drug-likeness (QED) is 0.232. The monoisotopic (exact) mass is 378 g/mol. The molecule has 11 heteroatoms. The van der Waals surface area contributed by atoms with E-state index in [9.17, 15) is 9.59 Å². The lowest BCUT2D eigenvalue weighted by atomic mass is 10.3. The van der Waals surface area contributed by atoms with Gasteiger partial charge in [-0.25, -0.2) is 10.1 Å². The molecule has 8 nitrogen and oxygen atoms in total. The van der Waals surface area contributed by atoms with Crippen LogP contribution in [-0.4, -0.2) is 38.4 Å². The second-order valence-corrected chi connectivity index (χ2v) is 6.54. The summed E-state index contributed by atoms with van der Waals surface area (Å²) in [5.41, 5.74) is 0.697. The number of benzene rings is 1. The van der Waals surface area contributed by atoms with E-state index >= 15 is 0 Å². The molecule has 1 atom stereocenters. The summed E-state index contributed by atoms with van der Waals surface area (Å²) in [5.74, 6) is -1.43. The number of amides is 1. The second kappa shape index (κ2) is 10.4. The highest BCUT2D eigenvalue weighted by molar-refractivity contribution is 8.23. The van der Waals surface area contributed by atoms with Gasteiger partial charge in [-0.2, -0.15) is 0 Å². The standard InChI is InChI=1S/C12H14N2O6S3/c1-7(15)13-10(11(16)17)6-22-12(21)14-8-2-4-9(5-3-8)23-20-19-18/h2-5,10,18H,6H2,1H3,(H,13,15)(H,14,21)(H,16,17). The molecule has 0 fully saturated rings. The summed E-state index contributed by atoms with van der Waals surface area (Å²) in [4.78, 5) is 22.6. The Morgan fingerprint density at radius 3 is 2.52 bits per heavy atom. The third-order valence-corrected chi connectivity index (χ3v) is 4.23. The lowest BCUT2D eigenvalue weighted by molar-refractivity contribution is -0.432. The Morgan fingerprint density at radius 2 is 2.00 bits per heavy atom. The van der Waals surface area contributed by atoms with Gasteiger partial charge in [0.1, 0.15) is 10.4 Å². The van der Waals surface area contributed by atoms with Gasteiger partial charge in [0.05, 0.1) is 12.0 Å². The van der Waals surface area contributed by atoms with E-state index in [1.807, 2.05) is 0 Å². The van der Waals surface area contributed by atoms with Crippen LogP contribution in [0.4, 0.5) is 5.69 Å². The number of carboxylic acid groups (broad SMARTS) is 1. The number of carbonyl (C=O) groups is 2. The first-order valence-corrected chi connectivity index (χ1v) is 8.24. The Kier molecular flexibility index (Phi) is 8.91. The molecule has 1 unspecified atom stereocenters. The molecule has 0 spiro atoms. The molecular formula is C12H14N2O6S3. The van der Waals surface area contributed by atoms with Crippen LogP contribution >= 0.6 is 36.0 Å². The zero-order valence-electron chi connectivity index (χ0n) is 11.8. The average molecular weight is 378 g/mol. The van der Waals surface area contributed by atoms with E-state index in [0.717, 1.165) is 23.8 Å². The Bertz CT molecular complexity index is 554. The van der Waals surface area contributed by atoms with Gasteiger partial charge >= 0.3 is 5.97 Å². The molecule has 4 N–H and O–H groups in total. The van der Waals surface area contributed by atoms with Crippen LogP contribution in [0.15, 0.2) is 29.2 Å².